The molecule has 55 heavy (non-hydrogen) atoms. The highest BCUT2D eigenvalue weighted by molar-refractivity contribution is 7.07. The van der Waals surface area contributed by atoms with Gasteiger partial charge in [0.2, 0.25) is 0 Å². The second-order valence-electron chi connectivity index (χ2n) is 21.1. The fourth-order valence-electron chi connectivity index (χ4n) is 13.5. The Morgan fingerprint density at radius 2 is 1.69 bits per heavy atom. The first-order valence-electron chi connectivity index (χ1n) is 21.2. The zero-order valence-electron chi connectivity index (χ0n) is 35.8. The zero-order chi connectivity index (χ0) is 40.5. The van der Waals surface area contributed by atoms with E-state index in [0.717, 1.165) is 75.7 Å². The average Bonchev–Trinajstić information content (AvgIpc) is 3.70. The van der Waals surface area contributed by atoms with Gasteiger partial charge < -0.3 is 19.8 Å². The monoisotopic (exact) mass is 782 g/mol. The summed E-state index contributed by atoms with van der Waals surface area (Å²) in [6.45, 7) is 22.6. The molecule has 0 radical (unpaired) electrons. The molecule has 1 aromatic rings. The topological polar surface area (TPSA) is 120 Å². The molecule has 5 aliphatic rings. The van der Waals surface area contributed by atoms with E-state index in [0.29, 0.717) is 31.3 Å². The minimum atomic E-state index is -1.17. The summed E-state index contributed by atoms with van der Waals surface area (Å²) >= 11 is 1.60. The number of rotatable bonds is 13. The highest BCUT2D eigenvalue weighted by Gasteiger charge is 2.71. The van der Waals surface area contributed by atoms with E-state index in [1.54, 1.807) is 25.2 Å². The number of hydrogen-bond donors (Lipinski definition) is 2. The minimum Gasteiger partial charge on any atom is -0.481 e. The minimum absolute atomic E-state index is 0.0196. The van der Waals surface area contributed by atoms with E-state index < -0.39 is 28.9 Å². The molecular weight excluding hydrogens is 711 g/mol. The van der Waals surface area contributed by atoms with Crippen LogP contribution in [0, 0.1) is 56.2 Å². The fourth-order valence-corrected chi connectivity index (χ4v) is 14.0. The van der Waals surface area contributed by atoms with Crippen LogP contribution in [-0.4, -0.2) is 88.7 Å². The summed E-state index contributed by atoms with van der Waals surface area (Å²) in [5.74, 6) is 0.0503. The van der Waals surface area contributed by atoms with Crippen LogP contribution in [0.4, 0.5) is 0 Å². The smallest absolute Gasteiger partial charge is 0.309 e. The van der Waals surface area contributed by atoms with Crippen LogP contribution in [0.1, 0.15) is 132 Å². The number of thiazole rings is 1. The van der Waals surface area contributed by atoms with Gasteiger partial charge in [0.1, 0.15) is 6.10 Å². The van der Waals surface area contributed by atoms with E-state index in [1.807, 2.05) is 5.51 Å². The van der Waals surface area contributed by atoms with Crippen molar-refractivity contribution in [2.45, 2.75) is 145 Å². The SMILES string of the molecule is CC(C)C1=C2[C@H]3CC[C@@H]4[C@@]5(C)CC[C@H](OC(=O)CC(C)(C)C(=O)O)C(C)(C)[C@@H]5CC[C@@]4(C)[C@]3(C)CCC2([C@@H](O)CN(CCN(C)C)Cc2cscn2)CC1=O. The molecule has 0 amide bonds. The number of esters is 1. The summed E-state index contributed by atoms with van der Waals surface area (Å²) in [6.07, 6.45) is 7.22. The molecule has 9 nitrogen and oxygen atoms in total. The summed E-state index contributed by atoms with van der Waals surface area (Å²) in [5, 5.41) is 24.3. The molecule has 0 aromatic carbocycles. The van der Waals surface area contributed by atoms with Gasteiger partial charge in [-0.2, -0.15) is 0 Å². The summed E-state index contributed by atoms with van der Waals surface area (Å²) in [5.41, 5.74) is 3.35. The number of ether oxygens (including phenoxy) is 1. The molecule has 0 spiro atoms. The zero-order valence-corrected chi connectivity index (χ0v) is 36.6. The Morgan fingerprint density at radius 1 is 0.982 bits per heavy atom. The summed E-state index contributed by atoms with van der Waals surface area (Å²) in [6, 6.07) is 0. The maximum absolute atomic E-state index is 14.3. The molecule has 6 rings (SSSR count). The number of carbonyl (C=O) groups excluding carboxylic acids is 2. The van der Waals surface area contributed by atoms with Crippen LogP contribution in [0.3, 0.4) is 0 Å². The van der Waals surface area contributed by atoms with Crippen molar-refractivity contribution in [3.63, 3.8) is 0 Å². The maximum atomic E-state index is 14.3. The predicted octanol–water partition coefficient (Wildman–Crippen LogP) is 8.26. The molecule has 0 bridgehead atoms. The Balaban J connectivity index is 1.28. The van der Waals surface area contributed by atoms with Crippen LogP contribution in [0.15, 0.2) is 22.0 Å². The van der Waals surface area contributed by atoms with E-state index in [4.69, 9.17) is 4.74 Å². The second kappa shape index (κ2) is 14.9. The van der Waals surface area contributed by atoms with Crippen molar-refractivity contribution < 1.29 is 29.3 Å². The number of aromatic nitrogens is 1. The molecule has 4 saturated carbocycles. The number of carboxylic acid groups (broad SMARTS) is 1. The van der Waals surface area contributed by atoms with E-state index in [9.17, 15) is 24.6 Å². The fraction of sp³-hybridized carbons (Fsp3) is 0.822. The lowest BCUT2D eigenvalue weighted by Crippen LogP contribution is -2.66. The Labute approximate surface area is 335 Å². The molecule has 308 valence electrons. The summed E-state index contributed by atoms with van der Waals surface area (Å²) < 4.78 is 6.19. The number of aliphatic hydroxyl groups excluding tert-OH is 1. The van der Waals surface area contributed by atoms with Gasteiger partial charge in [-0.05, 0) is 125 Å². The molecule has 9 atom stereocenters. The van der Waals surface area contributed by atoms with Crippen molar-refractivity contribution >= 4 is 29.1 Å². The van der Waals surface area contributed by atoms with Crippen LogP contribution in [0.5, 0.6) is 0 Å². The second-order valence-corrected chi connectivity index (χ2v) is 21.8. The quantitative estimate of drug-likeness (QED) is 0.191. The number of fused-ring (bicyclic) bond motifs is 7. The molecule has 0 aliphatic heterocycles. The molecule has 5 aliphatic carbocycles. The third kappa shape index (κ3) is 7.09. The van der Waals surface area contributed by atoms with E-state index in [-0.39, 0.29) is 51.8 Å². The predicted molar refractivity (Wildman–Crippen MR) is 217 cm³/mol. The van der Waals surface area contributed by atoms with Crippen molar-refractivity contribution in [1.29, 1.82) is 0 Å². The summed E-state index contributed by atoms with van der Waals surface area (Å²) in [7, 11) is 4.17. The molecule has 10 heteroatoms. The largest absolute Gasteiger partial charge is 0.481 e. The van der Waals surface area contributed by atoms with Crippen LogP contribution >= 0.6 is 11.3 Å². The average molecular weight is 782 g/mol. The van der Waals surface area contributed by atoms with Gasteiger partial charge in [0.25, 0.3) is 0 Å². The first kappa shape index (κ1) is 42.5. The van der Waals surface area contributed by atoms with E-state index in [2.05, 4.69) is 82.7 Å². The number of carboxylic acids is 1. The summed E-state index contributed by atoms with van der Waals surface area (Å²) in [4.78, 5) is 48.3. The van der Waals surface area contributed by atoms with Crippen LogP contribution < -0.4 is 0 Å². The lowest BCUT2D eigenvalue weighted by Gasteiger charge is -2.72. The highest BCUT2D eigenvalue weighted by atomic mass is 32.1. The van der Waals surface area contributed by atoms with Gasteiger partial charge in [0, 0.05) is 48.8 Å². The van der Waals surface area contributed by atoms with Crippen molar-refractivity contribution in [3.8, 4) is 0 Å². The van der Waals surface area contributed by atoms with E-state index >= 15 is 0 Å². The Kier molecular flexibility index (Phi) is 11.5. The number of carbonyl (C=O) groups is 3. The number of likely N-dealkylation sites (N-methyl/N-ethyl adjacent to an activating group) is 1. The number of allylic oxidation sites excluding steroid dienone is 1. The number of aliphatic carboxylic acids is 1. The highest BCUT2D eigenvalue weighted by Crippen LogP contribution is 2.77. The third-order valence-corrected chi connectivity index (χ3v) is 17.3. The van der Waals surface area contributed by atoms with Crippen LogP contribution in [-0.2, 0) is 25.7 Å². The van der Waals surface area contributed by atoms with Crippen LogP contribution in [0.25, 0.3) is 0 Å². The lowest BCUT2D eigenvalue weighted by molar-refractivity contribution is -0.235. The molecule has 4 fully saturated rings. The Hall–Kier alpha value is -2.14. The van der Waals surface area contributed by atoms with E-state index in [1.165, 1.54) is 5.57 Å². The van der Waals surface area contributed by atoms with Gasteiger partial charge in [0.05, 0.1) is 29.1 Å². The standard InChI is InChI=1S/C45H71N3O6S/c1-28(2)37-31(49)22-45(34(50)25-48(21-20-47(10)11)24-29-26-55-27-46-29)19-18-43(8)30(38(37)45)12-13-33-42(7)16-15-35(54-36(51)23-40(3,4)39(52)53)41(5,6)32(42)14-17-44(33,43)9/h26-28,30,32-35,50H,12-25H2,1-11H3,(H,52,53)/t30-,32+,33-,34+,35+,42+,43-,44-,45?/m1/s1. The van der Waals surface area contributed by atoms with Gasteiger partial charge in [-0.1, -0.05) is 54.0 Å². The molecular formula is C45H71N3O6S. The molecule has 2 N–H and O–H groups in total. The van der Waals surface area contributed by atoms with Crippen LogP contribution in [0.2, 0.25) is 0 Å². The molecule has 0 saturated heterocycles. The first-order valence-corrected chi connectivity index (χ1v) is 22.1. The van der Waals surface area contributed by atoms with Crippen molar-refractivity contribution in [3.05, 3.63) is 27.7 Å². The Bertz CT molecular complexity index is 1650. The van der Waals surface area contributed by atoms with Gasteiger partial charge >= 0.3 is 11.9 Å². The number of hydrogen-bond acceptors (Lipinski definition) is 9. The van der Waals surface area contributed by atoms with Gasteiger partial charge in [-0.3, -0.25) is 19.3 Å². The number of aliphatic hydroxyl groups is 1. The van der Waals surface area contributed by atoms with Crippen molar-refractivity contribution in [2.75, 3.05) is 33.7 Å². The molecule has 1 aromatic heterocycles. The number of ketones is 1. The maximum Gasteiger partial charge on any atom is 0.309 e. The Morgan fingerprint density at radius 3 is 2.31 bits per heavy atom. The normalized spacial score (nSPS) is 36.4. The van der Waals surface area contributed by atoms with Gasteiger partial charge in [-0.15, -0.1) is 11.3 Å². The van der Waals surface area contributed by atoms with Gasteiger partial charge in [0.15, 0.2) is 5.78 Å². The first-order chi connectivity index (χ1) is 25.5. The lowest BCUT2D eigenvalue weighted by atomic mass is 9.33. The number of nitrogens with zero attached hydrogens (tertiary/aromatic N) is 3. The number of Topliss-reactive ketones (excluding diaryl/α,β-unsaturated/α-hetero) is 1. The molecule has 1 unspecified atom stereocenters. The third-order valence-electron chi connectivity index (χ3n) is 16.7. The van der Waals surface area contributed by atoms with Crippen molar-refractivity contribution in [1.82, 2.24) is 14.8 Å². The van der Waals surface area contributed by atoms with Crippen molar-refractivity contribution in [2.24, 2.45) is 56.2 Å². The molecule has 1 heterocycles. The van der Waals surface area contributed by atoms with Gasteiger partial charge in [-0.25, -0.2) is 4.98 Å².